The van der Waals surface area contributed by atoms with Crippen molar-refractivity contribution in [2.75, 3.05) is 19.1 Å². The number of aliphatic hydroxyl groups excluding tert-OH is 1. The number of thiazole rings is 1. The maximum atomic E-state index is 13.2. The molecule has 0 atom stereocenters. The number of methoxy groups -OCH3 is 1. The van der Waals surface area contributed by atoms with Crippen LogP contribution in [-0.2, 0) is 24.5 Å². The monoisotopic (exact) mass is 296 g/mol. The molecule has 4 nitrogen and oxygen atoms in total. The fraction of sp³-hybridized carbons (Fsp3) is 0.357. The molecule has 0 fully saturated rings. The second-order valence-electron chi connectivity index (χ2n) is 4.44. The van der Waals surface area contributed by atoms with E-state index < -0.39 is 0 Å². The fourth-order valence-electron chi connectivity index (χ4n) is 1.88. The van der Waals surface area contributed by atoms with Gasteiger partial charge in [-0.15, -0.1) is 0 Å². The highest BCUT2D eigenvalue weighted by Gasteiger charge is 2.13. The minimum atomic E-state index is -0.244. The van der Waals surface area contributed by atoms with Crippen molar-refractivity contribution in [1.29, 1.82) is 0 Å². The number of hydrogen-bond acceptors (Lipinski definition) is 5. The maximum Gasteiger partial charge on any atom is 0.185 e. The Kier molecular flexibility index (Phi) is 5.05. The zero-order valence-electron chi connectivity index (χ0n) is 11.5. The molecule has 0 spiro atoms. The van der Waals surface area contributed by atoms with Crippen LogP contribution < -0.4 is 4.90 Å². The van der Waals surface area contributed by atoms with Gasteiger partial charge in [-0.3, -0.25) is 0 Å². The lowest BCUT2D eigenvalue weighted by Gasteiger charge is -2.15. The Labute approximate surface area is 121 Å². The molecule has 1 aromatic carbocycles. The molecule has 0 amide bonds. The second-order valence-corrected chi connectivity index (χ2v) is 5.51. The van der Waals surface area contributed by atoms with Crippen LogP contribution in [0.3, 0.4) is 0 Å². The number of ether oxygens (including phenoxy) is 1. The van der Waals surface area contributed by atoms with Crippen molar-refractivity contribution in [1.82, 2.24) is 4.98 Å². The summed E-state index contributed by atoms with van der Waals surface area (Å²) in [6.07, 6.45) is 0. The first kappa shape index (κ1) is 14.9. The van der Waals surface area contributed by atoms with Gasteiger partial charge in [0, 0.05) is 20.7 Å². The van der Waals surface area contributed by atoms with E-state index >= 15 is 0 Å². The van der Waals surface area contributed by atoms with Gasteiger partial charge in [0.25, 0.3) is 0 Å². The summed E-state index contributed by atoms with van der Waals surface area (Å²) in [4.78, 5) is 7.18. The normalized spacial score (nSPS) is 10.8. The maximum absolute atomic E-state index is 13.2. The molecule has 0 aliphatic heterocycles. The van der Waals surface area contributed by atoms with E-state index in [1.807, 2.05) is 18.0 Å². The van der Waals surface area contributed by atoms with Crippen molar-refractivity contribution in [3.63, 3.8) is 0 Å². The summed E-state index contributed by atoms with van der Waals surface area (Å²) in [5, 5.41) is 10.1. The van der Waals surface area contributed by atoms with E-state index in [1.165, 1.54) is 23.5 Å². The average Bonchev–Trinajstić information content (AvgIpc) is 2.82. The van der Waals surface area contributed by atoms with E-state index in [0.29, 0.717) is 13.2 Å². The first-order chi connectivity index (χ1) is 9.63. The number of halogens is 1. The molecule has 0 saturated carbocycles. The molecule has 0 aliphatic rings. The first-order valence-electron chi connectivity index (χ1n) is 6.18. The molecule has 0 unspecified atom stereocenters. The van der Waals surface area contributed by atoms with E-state index in [-0.39, 0.29) is 12.4 Å². The average molecular weight is 296 g/mol. The Morgan fingerprint density at radius 3 is 2.90 bits per heavy atom. The zero-order chi connectivity index (χ0) is 14.5. The molecule has 1 aromatic heterocycles. The largest absolute Gasteiger partial charge is 0.391 e. The molecule has 108 valence electrons. The van der Waals surface area contributed by atoms with Gasteiger partial charge >= 0.3 is 0 Å². The van der Waals surface area contributed by atoms with Crippen LogP contribution in [0.15, 0.2) is 24.3 Å². The van der Waals surface area contributed by atoms with E-state index in [2.05, 4.69) is 4.98 Å². The van der Waals surface area contributed by atoms with Crippen LogP contribution in [0.5, 0.6) is 0 Å². The summed E-state index contributed by atoms with van der Waals surface area (Å²) in [5.74, 6) is -0.244. The van der Waals surface area contributed by atoms with Gasteiger partial charge in [-0.25, -0.2) is 9.37 Å². The highest BCUT2D eigenvalue weighted by Crippen LogP contribution is 2.27. The SMILES string of the molecule is COCc1nc(N(C)Cc2cccc(F)c2)sc1CO. The number of rotatable bonds is 6. The molecule has 0 bridgehead atoms. The highest BCUT2D eigenvalue weighted by molar-refractivity contribution is 7.15. The smallest absolute Gasteiger partial charge is 0.185 e. The third kappa shape index (κ3) is 3.53. The number of nitrogens with zero attached hydrogens (tertiary/aromatic N) is 2. The number of aliphatic hydroxyl groups is 1. The number of anilines is 1. The topological polar surface area (TPSA) is 45.6 Å². The predicted octanol–water partition coefficient (Wildman–Crippen LogP) is 2.56. The van der Waals surface area contributed by atoms with Crippen molar-refractivity contribution in [2.24, 2.45) is 0 Å². The summed E-state index contributed by atoms with van der Waals surface area (Å²) < 4.78 is 18.2. The fourth-order valence-corrected chi connectivity index (χ4v) is 2.77. The molecule has 0 radical (unpaired) electrons. The van der Waals surface area contributed by atoms with E-state index in [9.17, 15) is 9.50 Å². The van der Waals surface area contributed by atoms with Crippen molar-refractivity contribution in [2.45, 2.75) is 19.8 Å². The van der Waals surface area contributed by atoms with Crippen molar-refractivity contribution in [3.8, 4) is 0 Å². The van der Waals surface area contributed by atoms with Crippen molar-refractivity contribution in [3.05, 3.63) is 46.2 Å². The number of hydrogen-bond donors (Lipinski definition) is 1. The van der Waals surface area contributed by atoms with Gasteiger partial charge in [-0.2, -0.15) is 0 Å². The molecule has 0 aliphatic carbocycles. The molecular formula is C14H17FN2O2S. The van der Waals surface area contributed by atoms with Crippen LogP contribution in [0.4, 0.5) is 9.52 Å². The minimum Gasteiger partial charge on any atom is -0.391 e. The van der Waals surface area contributed by atoms with Gasteiger partial charge in [0.1, 0.15) is 5.82 Å². The summed E-state index contributed by atoms with van der Waals surface area (Å²) in [6, 6.07) is 6.49. The lowest BCUT2D eigenvalue weighted by atomic mass is 10.2. The molecule has 6 heteroatoms. The first-order valence-corrected chi connectivity index (χ1v) is 6.99. The standard InChI is InChI=1S/C14H17FN2O2S/c1-17(7-10-4-3-5-11(15)6-10)14-16-12(9-19-2)13(8-18)20-14/h3-6,18H,7-9H2,1-2H3. The molecule has 1 N–H and O–H groups in total. The number of benzene rings is 1. The van der Waals surface area contributed by atoms with Crippen LogP contribution in [-0.4, -0.2) is 24.2 Å². The summed E-state index contributed by atoms with van der Waals surface area (Å²) in [5.41, 5.74) is 1.63. The lowest BCUT2D eigenvalue weighted by Crippen LogP contribution is -2.16. The van der Waals surface area contributed by atoms with Crippen LogP contribution in [0.2, 0.25) is 0 Å². The van der Waals surface area contributed by atoms with Crippen LogP contribution >= 0.6 is 11.3 Å². The third-order valence-electron chi connectivity index (χ3n) is 2.83. The molecule has 2 aromatic rings. The second kappa shape index (κ2) is 6.78. The van der Waals surface area contributed by atoms with Gasteiger partial charge in [0.15, 0.2) is 5.13 Å². The number of aromatic nitrogens is 1. The Hall–Kier alpha value is -1.50. The van der Waals surface area contributed by atoms with Gasteiger partial charge in [-0.05, 0) is 17.7 Å². The highest BCUT2D eigenvalue weighted by atomic mass is 32.1. The quantitative estimate of drug-likeness (QED) is 0.890. The Balaban J connectivity index is 2.14. The molecule has 2 rings (SSSR count). The van der Waals surface area contributed by atoms with Crippen LogP contribution in [0.1, 0.15) is 16.1 Å². The summed E-state index contributed by atoms with van der Waals surface area (Å²) in [6.45, 7) is 0.882. The van der Waals surface area contributed by atoms with Crippen molar-refractivity contribution < 1.29 is 14.2 Å². The molecule has 0 saturated heterocycles. The van der Waals surface area contributed by atoms with E-state index in [4.69, 9.17) is 4.74 Å². The third-order valence-corrected chi connectivity index (χ3v) is 4.02. The zero-order valence-corrected chi connectivity index (χ0v) is 12.3. The summed E-state index contributed by atoms with van der Waals surface area (Å²) >= 11 is 1.42. The molecule has 20 heavy (non-hydrogen) atoms. The molecule has 1 heterocycles. The predicted molar refractivity (Wildman–Crippen MR) is 77.3 cm³/mol. The minimum absolute atomic E-state index is 0.0514. The summed E-state index contributed by atoms with van der Waals surface area (Å²) in [7, 11) is 3.48. The Morgan fingerprint density at radius 1 is 1.45 bits per heavy atom. The van der Waals surface area contributed by atoms with Crippen LogP contribution in [0.25, 0.3) is 0 Å². The lowest BCUT2D eigenvalue weighted by molar-refractivity contribution is 0.179. The Bertz CT molecular complexity index is 574. The van der Waals surface area contributed by atoms with Gasteiger partial charge in [0.2, 0.25) is 0 Å². The van der Waals surface area contributed by atoms with Gasteiger partial charge < -0.3 is 14.7 Å². The van der Waals surface area contributed by atoms with Gasteiger partial charge in [-0.1, -0.05) is 23.5 Å². The van der Waals surface area contributed by atoms with E-state index in [0.717, 1.165) is 21.3 Å². The molecular weight excluding hydrogens is 279 g/mol. The van der Waals surface area contributed by atoms with Crippen molar-refractivity contribution >= 4 is 16.5 Å². The van der Waals surface area contributed by atoms with Crippen LogP contribution in [0, 0.1) is 5.82 Å². The van der Waals surface area contributed by atoms with E-state index in [1.54, 1.807) is 13.2 Å². The Morgan fingerprint density at radius 2 is 2.25 bits per heavy atom. The van der Waals surface area contributed by atoms with Gasteiger partial charge in [0.05, 0.1) is 23.8 Å².